The summed E-state index contributed by atoms with van der Waals surface area (Å²) in [5, 5.41) is 2.46. The number of rotatable bonds is 1. The third-order valence-electron chi connectivity index (χ3n) is 4.45. The fraction of sp³-hybridized carbons (Fsp3) is 0.471. The van der Waals surface area contributed by atoms with Gasteiger partial charge in [-0.25, -0.2) is 0 Å². The van der Waals surface area contributed by atoms with Crippen molar-refractivity contribution in [2.24, 2.45) is 17.6 Å². The van der Waals surface area contributed by atoms with Gasteiger partial charge in [-0.15, -0.1) is 0 Å². The number of nitrogens with two attached hydrogens (primary N) is 1. The standard InChI is InChI=1S/C17H22N2/c1-12-8-13(2)10-17(18,9-12)16-5-3-4-14-6-7-19-11-15(14)16/h3-7,11-13H,8-10,18H2,1-2H3. The molecule has 100 valence electrons. The number of pyridine rings is 1. The van der Waals surface area contributed by atoms with Gasteiger partial charge in [0.15, 0.2) is 0 Å². The largest absolute Gasteiger partial charge is 0.321 e. The second-order valence-corrected chi connectivity index (χ2v) is 6.41. The molecule has 0 bridgehead atoms. The van der Waals surface area contributed by atoms with E-state index in [4.69, 9.17) is 5.73 Å². The Morgan fingerprint density at radius 3 is 2.63 bits per heavy atom. The molecular weight excluding hydrogens is 232 g/mol. The van der Waals surface area contributed by atoms with Gasteiger partial charge in [0.25, 0.3) is 0 Å². The van der Waals surface area contributed by atoms with E-state index in [0.29, 0.717) is 11.8 Å². The average Bonchev–Trinajstić information content (AvgIpc) is 2.36. The van der Waals surface area contributed by atoms with Crippen molar-refractivity contribution in [2.45, 2.75) is 38.6 Å². The Hall–Kier alpha value is -1.41. The average molecular weight is 254 g/mol. The molecule has 1 aliphatic carbocycles. The number of hydrogen-bond donors (Lipinski definition) is 1. The van der Waals surface area contributed by atoms with Crippen LogP contribution in [0.5, 0.6) is 0 Å². The lowest BCUT2D eigenvalue weighted by Crippen LogP contribution is -2.43. The molecule has 3 rings (SSSR count). The number of aromatic nitrogens is 1. The summed E-state index contributed by atoms with van der Waals surface area (Å²) in [6, 6.07) is 8.52. The summed E-state index contributed by atoms with van der Waals surface area (Å²) in [4.78, 5) is 4.28. The lowest BCUT2D eigenvalue weighted by Gasteiger charge is -2.41. The van der Waals surface area contributed by atoms with E-state index in [1.54, 1.807) is 0 Å². The Labute approximate surface area is 115 Å². The number of hydrogen-bond acceptors (Lipinski definition) is 2. The minimum absolute atomic E-state index is 0.195. The summed E-state index contributed by atoms with van der Waals surface area (Å²) in [5.41, 5.74) is 7.88. The van der Waals surface area contributed by atoms with Crippen LogP contribution in [0.2, 0.25) is 0 Å². The van der Waals surface area contributed by atoms with Crippen LogP contribution in [0, 0.1) is 11.8 Å². The minimum Gasteiger partial charge on any atom is -0.321 e. The van der Waals surface area contributed by atoms with Crippen molar-refractivity contribution in [1.29, 1.82) is 0 Å². The molecular formula is C17H22N2. The fourth-order valence-electron chi connectivity index (χ4n) is 3.95. The first-order chi connectivity index (χ1) is 9.08. The van der Waals surface area contributed by atoms with Crippen LogP contribution in [-0.4, -0.2) is 4.98 Å². The van der Waals surface area contributed by atoms with Crippen LogP contribution >= 0.6 is 0 Å². The highest BCUT2D eigenvalue weighted by atomic mass is 14.8. The molecule has 1 saturated carbocycles. The van der Waals surface area contributed by atoms with Gasteiger partial charge in [0.1, 0.15) is 0 Å². The van der Waals surface area contributed by atoms with E-state index in [1.165, 1.54) is 22.8 Å². The first-order valence-corrected chi connectivity index (χ1v) is 7.20. The van der Waals surface area contributed by atoms with Gasteiger partial charge in [-0.2, -0.15) is 0 Å². The molecule has 1 aliphatic rings. The second kappa shape index (κ2) is 4.61. The van der Waals surface area contributed by atoms with Crippen LogP contribution in [0.1, 0.15) is 38.7 Å². The van der Waals surface area contributed by atoms with E-state index in [2.05, 4.69) is 43.1 Å². The zero-order valence-electron chi connectivity index (χ0n) is 11.8. The van der Waals surface area contributed by atoms with E-state index in [1.807, 2.05) is 12.4 Å². The zero-order valence-corrected chi connectivity index (χ0v) is 11.8. The molecule has 0 saturated heterocycles. The van der Waals surface area contributed by atoms with Gasteiger partial charge in [0.2, 0.25) is 0 Å². The van der Waals surface area contributed by atoms with Crippen LogP contribution in [0.15, 0.2) is 36.7 Å². The first kappa shape index (κ1) is 12.6. The molecule has 1 aromatic carbocycles. The molecule has 2 aromatic rings. The Morgan fingerprint density at radius 2 is 1.89 bits per heavy atom. The summed E-state index contributed by atoms with van der Waals surface area (Å²) >= 11 is 0. The molecule has 19 heavy (non-hydrogen) atoms. The molecule has 2 heteroatoms. The van der Waals surface area contributed by atoms with Gasteiger partial charge in [-0.1, -0.05) is 32.0 Å². The van der Waals surface area contributed by atoms with Crippen molar-refractivity contribution in [2.75, 3.05) is 0 Å². The molecule has 2 N–H and O–H groups in total. The van der Waals surface area contributed by atoms with Gasteiger partial charge in [-0.05, 0) is 48.1 Å². The summed E-state index contributed by atoms with van der Waals surface area (Å²) < 4.78 is 0. The molecule has 0 aliphatic heterocycles. The summed E-state index contributed by atoms with van der Waals surface area (Å²) in [6.45, 7) is 4.64. The third-order valence-corrected chi connectivity index (χ3v) is 4.45. The lowest BCUT2D eigenvalue weighted by molar-refractivity contribution is 0.185. The summed E-state index contributed by atoms with van der Waals surface area (Å²) in [5.74, 6) is 1.39. The van der Waals surface area contributed by atoms with Gasteiger partial charge in [-0.3, -0.25) is 4.98 Å². The van der Waals surface area contributed by atoms with Crippen molar-refractivity contribution >= 4 is 10.8 Å². The molecule has 0 radical (unpaired) electrons. The Morgan fingerprint density at radius 1 is 1.16 bits per heavy atom. The Bertz CT molecular complexity index is 575. The maximum absolute atomic E-state index is 6.80. The predicted molar refractivity (Wildman–Crippen MR) is 79.8 cm³/mol. The van der Waals surface area contributed by atoms with Crippen molar-refractivity contribution in [1.82, 2.24) is 4.98 Å². The predicted octanol–water partition coefficient (Wildman–Crippen LogP) is 3.84. The molecule has 2 nitrogen and oxygen atoms in total. The summed E-state index contributed by atoms with van der Waals surface area (Å²) in [6.07, 6.45) is 7.25. The normalized spacial score (nSPS) is 31.5. The van der Waals surface area contributed by atoms with Gasteiger partial charge in [0, 0.05) is 23.3 Å². The molecule has 1 aromatic heterocycles. The fourth-order valence-corrected chi connectivity index (χ4v) is 3.95. The molecule has 0 spiro atoms. The molecule has 1 heterocycles. The number of benzene rings is 1. The van der Waals surface area contributed by atoms with Crippen LogP contribution in [0.3, 0.4) is 0 Å². The van der Waals surface area contributed by atoms with E-state index >= 15 is 0 Å². The molecule has 1 fully saturated rings. The topological polar surface area (TPSA) is 38.9 Å². The van der Waals surface area contributed by atoms with Crippen molar-refractivity contribution in [3.8, 4) is 0 Å². The first-order valence-electron chi connectivity index (χ1n) is 7.20. The SMILES string of the molecule is CC1CC(C)CC(N)(c2cccc3ccncc23)C1. The van der Waals surface area contributed by atoms with Crippen molar-refractivity contribution in [3.05, 3.63) is 42.2 Å². The van der Waals surface area contributed by atoms with Gasteiger partial charge in [0.05, 0.1) is 0 Å². The minimum atomic E-state index is -0.195. The number of nitrogens with zero attached hydrogens (tertiary/aromatic N) is 1. The van der Waals surface area contributed by atoms with E-state index in [-0.39, 0.29) is 5.54 Å². The van der Waals surface area contributed by atoms with E-state index in [0.717, 1.165) is 12.8 Å². The summed E-state index contributed by atoms with van der Waals surface area (Å²) in [7, 11) is 0. The second-order valence-electron chi connectivity index (χ2n) is 6.41. The zero-order chi connectivity index (χ0) is 13.5. The quantitative estimate of drug-likeness (QED) is 0.839. The van der Waals surface area contributed by atoms with E-state index in [9.17, 15) is 0 Å². The Kier molecular flexibility index (Phi) is 3.06. The van der Waals surface area contributed by atoms with Crippen LogP contribution in [0.4, 0.5) is 0 Å². The maximum Gasteiger partial charge on any atom is 0.0421 e. The van der Waals surface area contributed by atoms with Gasteiger partial charge < -0.3 is 5.73 Å². The van der Waals surface area contributed by atoms with Crippen LogP contribution < -0.4 is 5.73 Å². The van der Waals surface area contributed by atoms with Gasteiger partial charge >= 0.3 is 0 Å². The highest BCUT2D eigenvalue weighted by molar-refractivity contribution is 5.85. The molecule has 2 unspecified atom stereocenters. The molecule has 0 amide bonds. The van der Waals surface area contributed by atoms with Crippen LogP contribution in [0.25, 0.3) is 10.8 Å². The van der Waals surface area contributed by atoms with Crippen molar-refractivity contribution in [3.63, 3.8) is 0 Å². The maximum atomic E-state index is 6.80. The third kappa shape index (κ3) is 2.25. The highest BCUT2D eigenvalue weighted by Gasteiger charge is 2.36. The number of fused-ring (bicyclic) bond motifs is 1. The van der Waals surface area contributed by atoms with Crippen molar-refractivity contribution < 1.29 is 0 Å². The molecule has 2 atom stereocenters. The van der Waals surface area contributed by atoms with Crippen LogP contribution in [-0.2, 0) is 5.54 Å². The lowest BCUT2D eigenvalue weighted by atomic mass is 9.68. The van der Waals surface area contributed by atoms with E-state index < -0.39 is 0 Å². The highest BCUT2D eigenvalue weighted by Crippen LogP contribution is 2.42. The Balaban J connectivity index is 2.12. The monoisotopic (exact) mass is 254 g/mol. The smallest absolute Gasteiger partial charge is 0.0421 e.